The summed E-state index contributed by atoms with van der Waals surface area (Å²) in [6.07, 6.45) is 9.19. The average molecular weight is 210 g/mol. The van der Waals surface area contributed by atoms with Crippen LogP contribution in [0.25, 0.3) is 0 Å². The maximum atomic E-state index is 5.85. The molecule has 3 saturated heterocycles. The fourth-order valence-corrected chi connectivity index (χ4v) is 2.98. The molecule has 3 aliphatic rings. The van der Waals surface area contributed by atoms with Crippen molar-refractivity contribution >= 4 is 0 Å². The van der Waals surface area contributed by atoms with Gasteiger partial charge in [0.15, 0.2) is 12.5 Å². The van der Waals surface area contributed by atoms with E-state index in [1.54, 1.807) is 0 Å². The molecule has 0 spiro atoms. The third-order valence-corrected chi connectivity index (χ3v) is 3.95. The predicted molar refractivity (Wildman–Crippen MR) is 59.5 cm³/mol. The number of hydrogen-bond acceptors (Lipinski definition) is 3. The summed E-state index contributed by atoms with van der Waals surface area (Å²) >= 11 is 0. The average Bonchev–Trinajstić information content (AvgIpc) is 3.11. The van der Waals surface area contributed by atoms with E-state index < -0.39 is 0 Å². The molecule has 0 aromatic heterocycles. The standard InChI is InChI=1S/C12H22N2O/c1-3-7-13(8-4-1)11-12(15-11)14-9-5-2-6-10-14/h11-12H,1-10H2. The Morgan fingerprint density at radius 1 is 0.600 bits per heavy atom. The Balaban J connectivity index is 1.49. The highest BCUT2D eigenvalue weighted by Crippen LogP contribution is 2.32. The van der Waals surface area contributed by atoms with Gasteiger partial charge < -0.3 is 4.74 Å². The molecule has 2 atom stereocenters. The largest absolute Gasteiger partial charge is 0.336 e. The number of hydrogen-bond donors (Lipinski definition) is 0. The van der Waals surface area contributed by atoms with Crippen LogP contribution in [0.15, 0.2) is 0 Å². The molecule has 0 bridgehead atoms. The van der Waals surface area contributed by atoms with E-state index in [-0.39, 0.29) is 0 Å². The van der Waals surface area contributed by atoms with Gasteiger partial charge in [0.05, 0.1) is 0 Å². The minimum atomic E-state index is 0.448. The SMILES string of the molecule is C1CCN(C2OC2N2CCCCC2)CC1. The molecule has 3 fully saturated rings. The zero-order valence-corrected chi connectivity index (χ0v) is 9.53. The van der Waals surface area contributed by atoms with E-state index in [1.807, 2.05) is 0 Å². The highest BCUT2D eigenvalue weighted by Gasteiger charge is 2.47. The van der Waals surface area contributed by atoms with E-state index in [1.165, 1.54) is 64.7 Å². The van der Waals surface area contributed by atoms with Gasteiger partial charge in [-0.1, -0.05) is 12.8 Å². The maximum Gasteiger partial charge on any atom is 0.153 e. The highest BCUT2D eigenvalue weighted by molar-refractivity contribution is 4.87. The zero-order chi connectivity index (χ0) is 10.1. The second-order valence-corrected chi connectivity index (χ2v) is 5.11. The van der Waals surface area contributed by atoms with Gasteiger partial charge in [0.1, 0.15) is 0 Å². The van der Waals surface area contributed by atoms with Crippen molar-refractivity contribution in [3.8, 4) is 0 Å². The van der Waals surface area contributed by atoms with Crippen LogP contribution >= 0.6 is 0 Å². The van der Waals surface area contributed by atoms with Crippen LogP contribution < -0.4 is 0 Å². The Labute approximate surface area is 92.4 Å². The van der Waals surface area contributed by atoms with Crippen LogP contribution in [0.2, 0.25) is 0 Å². The summed E-state index contributed by atoms with van der Waals surface area (Å²) < 4.78 is 5.85. The summed E-state index contributed by atoms with van der Waals surface area (Å²) in [7, 11) is 0. The van der Waals surface area contributed by atoms with E-state index in [0.717, 1.165) is 0 Å². The molecular weight excluding hydrogens is 188 g/mol. The van der Waals surface area contributed by atoms with Crippen LogP contribution in [0.3, 0.4) is 0 Å². The summed E-state index contributed by atoms with van der Waals surface area (Å²) in [4.78, 5) is 5.09. The molecule has 3 nitrogen and oxygen atoms in total. The number of epoxide rings is 1. The van der Waals surface area contributed by atoms with Crippen molar-refractivity contribution in [2.45, 2.75) is 51.0 Å². The number of piperidine rings is 2. The highest BCUT2D eigenvalue weighted by atomic mass is 16.6. The summed E-state index contributed by atoms with van der Waals surface area (Å²) in [6, 6.07) is 0. The predicted octanol–water partition coefficient (Wildman–Crippen LogP) is 1.64. The molecule has 86 valence electrons. The summed E-state index contributed by atoms with van der Waals surface area (Å²) in [5.74, 6) is 0. The smallest absolute Gasteiger partial charge is 0.153 e. The molecule has 15 heavy (non-hydrogen) atoms. The summed E-state index contributed by atoms with van der Waals surface area (Å²) in [5, 5.41) is 0. The van der Waals surface area contributed by atoms with Crippen LogP contribution in [-0.4, -0.2) is 48.4 Å². The van der Waals surface area contributed by atoms with Gasteiger partial charge in [0, 0.05) is 26.2 Å². The first-order valence-electron chi connectivity index (χ1n) is 6.59. The van der Waals surface area contributed by atoms with Gasteiger partial charge in [-0.15, -0.1) is 0 Å². The molecule has 0 aromatic carbocycles. The number of ether oxygens (including phenoxy) is 1. The third-order valence-electron chi connectivity index (χ3n) is 3.95. The topological polar surface area (TPSA) is 19.0 Å². The van der Waals surface area contributed by atoms with Gasteiger partial charge in [0.25, 0.3) is 0 Å². The molecule has 0 aliphatic carbocycles. The van der Waals surface area contributed by atoms with Crippen molar-refractivity contribution in [2.75, 3.05) is 26.2 Å². The minimum Gasteiger partial charge on any atom is -0.336 e. The molecule has 0 saturated carbocycles. The van der Waals surface area contributed by atoms with Crippen LogP contribution in [0.5, 0.6) is 0 Å². The van der Waals surface area contributed by atoms with E-state index >= 15 is 0 Å². The Morgan fingerprint density at radius 2 is 1.00 bits per heavy atom. The van der Waals surface area contributed by atoms with Crippen molar-refractivity contribution in [2.24, 2.45) is 0 Å². The molecule has 3 aliphatic heterocycles. The molecule has 3 heterocycles. The first kappa shape index (κ1) is 10.1. The molecular formula is C12H22N2O. The van der Waals surface area contributed by atoms with Crippen molar-refractivity contribution in [3.05, 3.63) is 0 Å². The number of nitrogens with zero attached hydrogens (tertiary/aromatic N) is 2. The Morgan fingerprint density at radius 3 is 1.40 bits per heavy atom. The molecule has 0 aromatic rings. The first-order valence-corrected chi connectivity index (χ1v) is 6.59. The van der Waals surface area contributed by atoms with Crippen LogP contribution in [-0.2, 0) is 4.74 Å². The molecule has 3 rings (SSSR count). The van der Waals surface area contributed by atoms with Crippen LogP contribution in [0.1, 0.15) is 38.5 Å². The van der Waals surface area contributed by atoms with Crippen molar-refractivity contribution < 1.29 is 4.74 Å². The zero-order valence-electron chi connectivity index (χ0n) is 9.53. The number of rotatable bonds is 2. The monoisotopic (exact) mass is 210 g/mol. The fourth-order valence-electron chi connectivity index (χ4n) is 2.98. The van der Waals surface area contributed by atoms with Crippen molar-refractivity contribution in [1.82, 2.24) is 9.80 Å². The molecule has 3 heteroatoms. The van der Waals surface area contributed by atoms with Crippen LogP contribution in [0.4, 0.5) is 0 Å². The Kier molecular flexibility index (Phi) is 2.95. The lowest BCUT2D eigenvalue weighted by molar-refractivity contribution is 0.140. The van der Waals surface area contributed by atoms with Gasteiger partial charge in [0.2, 0.25) is 0 Å². The van der Waals surface area contributed by atoms with Crippen molar-refractivity contribution in [1.29, 1.82) is 0 Å². The maximum absolute atomic E-state index is 5.85. The number of likely N-dealkylation sites (tertiary alicyclic amines) is 2. The summed E-state index contributed by atoms with van der Waals surface area (Å²) in [6.45, 7) is 5.04. The lowest BCUT2D eigenvalue weighted by atomic mass is 10.1. The lowest BCUT2D eigenvalue weighted by Crippen LogP contribution is -2.39. The summed E-state index contributed by atoms with van der Waals surface area (Å²) in [5.41, 5.74) is 0. The van der Waals surface area contributed by atoms with Gasteiger partial charge >= 0.3 is 0 Å². The second kappa shape index (κ2) is 4.40. The normalized spacial score (nSPS) is 39.2. The molecule has 0 radical (unpaired) electrons. The van der Waals surface area contributed by atoms with E-state index in [0.29, 0.717) is 12.5 Å². The first-order chi connectivity index (χ1) is 7.45. The third kappa shape index (κ3) is 2.19. The second-order valence-electron chi connectivity index (χ2n) is 5.11. The van der Waals surface area contributed by atoms with Gasteiger partial charge in [-0.2, -0.15) is 0 Å². The van der Waals surface area contributed by atoms with E-state index in [9.17, 15) is 0 Å². The van der Waals surface area contributed by atoms with Crippen molar-refractivity contribution in [3.63, 3.8) is 0 Å². The Hall–Kier alpha value is -0.120. The molecule has 2 unspecified atom stereocenters. The minimum absolute atomic E-state index is 0.448. The van der Waals surface area contributed by atoms with E-state index in [2.05, 4.69) is 9.80 Å². The van der Waals surface area contributed by atoms with E-state index in [4.69, 9.17) is 4.74 Å². The molecule has 0 N–H and O–H groups in total. The van der Waals surface area contributed by atoms with Gasteiger partial charge in [-0.05, 0) is 25.7 Å². The fraction of sp³-hybridized carbons (Fsp3) is 1.00. The Bertz CT molecular complexity index is 188. The van der Waals surface area contributed by atoms with Crippen LogP contribution in [0, 0.1) is 0 Å². The molecule has 0 amide bonds. The van der Waals surface area contributed by atoms with Gasteiger partial charge in [-0.25, -0.2) is 0 Å². The van der Waals surface area contributed by atoms with Gasteiger partial charge in [-0.3, -0.25) is 9.80 Å². The quantitative estimate of drug-likeness (QED) is 0.646. The lowest BCUT2D eigenvalue weighted by Gasteiger charge is -2.28.